The molecule has 1 aliphatic heterocycles. The van der Waals surface area contributed by atoms with Gasteiger partial charge in [-0.1, -0.05) is 108 Å². The Labute approximate surface area is 271 Å². The number of hydrogen-bond donors (Lipinski definition) is 1. The van der Waals surface area contributed by atoms with E-state index in [4.69, 9.17) is 5.10 Å². The summed E-state index contributed by atoms with van der Waals surface area (Å²) < 4.78 is 2.01. The fraction of sp³-hybridized carbons (Fsp3) is 0.229. The van der Waals surface area contributed by atoms with Gasteiger partial charge in [-0.2, -0.15) is 5.10 Å². The van der Waals surface area contributed by atoms with Crippen LogP contribution in [0.3, 0.4) is 0 Å². The number of benzene rings is 3. The number of rotatable bonds is 12. The number of thiophene rings is 1. The van der Waals surface area contributed by atoms with Crippen molar-refractivity contribution < 1.29 is 9.59 Å². The first-order chi connectivity index (χ1) is 22.0. The Balaban J connectivity index is 1.17. The van der Waals surface area contributed by atoms with E-state index < -0.39 is 0 Å². The summed E-state index contributed by atoms with van der Waals surface area (Å²) in [6, 6.07) is 32.1. The van der Waals surface area contributed by atoms with Gasteiger partial charge in [0.2, 0.25) is 5.91 Å². The molecule has 45 heavy (non-hydrogen) atoms. The molecule has 0 aliphatic carbocycles. The normalized spacial score (nSPS) is 14.4. The van der Waals surface area contributed by atoms with E-state index in [0.717, 1.165) is 28.1 Å². The molecule has 1 aliphatic rings. The predicted molar refractivity (Wildman–Crippen MR) is 179 cm³/mol. The number of carbonyl (C=O) groups excluding carboxylic acids is 2. The van der Waals surface area contributed by atoms with Gasteiger partial charge in [0.15, 0.2) is 11.0 Å². The smallest absolute Gasteiger partial charge is 0.253 e. The van der Waals surface area contributed by atoms with Crippen LogP contribution in [-0.4, -0.2) is 43.1 Å². The standard InChI is InChI=1S/C35H34N6O2S2/c1-25-14-16-28(17-15-25)30-22-29(31-13-8-20-44-31)39-41(30)34(43)24-45-35-38-37-32(40(35)19-18-26-9-4-2-5-10-26)23-36-33(42)21-27-11-6-3-7-12-27/h2-17,20,30H,18-19,21-24H2,1H3,(H,36,42). The largest absolute Gasteiger partial charge is 0.349 e. The van der Waals surface area contributed by atoms with Gasteiger partial charge in [-0.25, -0.2) is 5.01 Å². The molecule has 1 N–H and O–H groups in total. The SMILES string of the molecule is Cc1ccc(C2CC(c3cccs3)=NN2C(=O)CSc2nnc(CNC(=O)Cc3ccccc3)n2CCc2ccccc2)cc1. The van der Waals surface area contributed by atoms with Gasteiger partial charge in [0.25, 0.3) is 5.91 Å². The number of aromatic nitrogens is 3. The molecule has 0 bridgehead atoms. The first-order valence-corrected chi connectivity index (χ1v) is 16.8. The quantitative estimate of drug-likeness (QED) is 0.165. The Morgan fingerprint density at radius 1 is 0.911 bits per heavy atom. The van der Waals surface area contributed by atoms with Crippen molar-refractivity contribution >= 4 is 40.6 Å². The van der Waals surface area contributed by atoms with E-state index in [0.29, 0.717) is 30.4 Å². The zero-order valence-electron chi connectivity index (χ0n) is 25.0. The average molecular weight is 635 g/mol. The number of hydrazone groups is 1. The number of hydrogen-bond acceptors (Lipinski definition) is 7. The van der Waals surface area contributed by atoms with Crippen LogP contribution in [0.25, 0.3) is 0 Å². The predicted octanol–water partition coefficient (Wildman–Crippen LogP) is 6.22. The van der Waals surface area contributed by atoms with Crippen molar-refractivity contribution in [1.29, 1.82) is 0 Å². The zero-order chi connectivity index (χ0) is 31.0. The summed E-state index contributed by atoms with van der Waals surface area (Å²) in [4.78, 5) is 27.5. The van der Waals surface area contributed by atoms with Crippen LogP contribution in [0.4, 0.5) is 0 Å². The second-order valence-electron chi connectivity index (χ2n) is 10.9. The van der Waals surface area contributed by atoms with Gasteiger partial charge in [-0.05, 0) is 41.5 Å². The minimum absolute atomic E-state index is 0.0845. The third-order valence-electron chi connectivity index (χ3n) is 7.67. The maximum atomic E-state index is 13.8. The maximum Gasteiger partial charge on any atom is 0.253 e. The van der Waals surface area contributed by atoms with Crippen molar-refractivity contribution in [1.82, 2.24) is 25.1 Å². The van der Waals surface area contributed by atoms with E-state index in [1.165, 1.54) is 22.9 Å². The van der Waals surface area contributed by atoms with Crippen molar-refractivity contribution in [3.63, 3.8) is 0 Å². The summed E-state index contributed by atoms with van der Waals surface area (Å²) in [5.41, 5.74) is 5.30. The van der Waals surface area contributed by atoms with E-state index >= 15 is 0 Å². The van der Waals surface area contributed by atoms with Gasteiger partial charge in [-0.15, -0.1) is 21.5 Å². The van der Waals surface area contributed by atoms with Gasteiger partial charge in [-0.3, -0.25) is 9.59 Å². The van der Waals surface area contributed by atoms with Crippen LogP contribution in [0.15, 0.2) is 113 Å². The van der Waals surface area contributed by atoms with Crippen LogP contribution in [-0.2, 0) is 35.5 Å². The van der Waals surface area contributed by atoms with Crippen LogP contribution in [0.5, 0.6) is 0 Å². The second-order valence-corrected chi connectivity index (χ2v) is 12.8. The van der Waals surface area contributed by atoms with E-state index in [2.05, 4.69) is 58.8 Å². The van der Waals surface area contributed by atoms with E-state index in [9.17, 15) is 9.59 Å². The van der Waals surface area contributed by atoms with Crippen molar-refractivity contribution in [3.05, 3.63) is 135 Å². The molecule has 8 nitrogen and oxygen atoms in total. The highest BCUT2D eigenvalue weighted by Gasteiger charge is 2.33. The number of carbonyl (C=O) groups is 2. The van der Waals surface area contributed by atoms with Gasteiger partial charge < -0.3 is 9.88 Å². The number of aryl methyl sites for hydroxylation is 2. The molecule has 0 saturated heterocycles. The van der Waals surface area contributed by atoms with Gasteiger partial charge in [0.05, 0.1) is 35.3 Å². The van der Waals surface area contributed by atoms with Crippen LogP contribution in [0, 0.1) is 6.92 Å². The lowest BCUT2D eigenvalue weighted by atomic mass is 10.00. The molecule has 0 fully saturated rings. The summed E-state index contributed by atoms with van der Waals surface area (Å²) in [7, 11) is 0. The lowest BCUT2D eigenvalue weighted by Crippen LogP contribution is -2.29. The van der Waals surface area contributed by atoms with Crippen molar-refractivity contribution in [2.24, 2.45) is 5.10 Å². The van der Waals surface area contributed by atoms with Gasteiger partial charge >= 0.3 is 0 Å². The highest BCUT2D eigenvalue weighted by atomic mass is 32.2. The summed E-state index contributed by atoms with van der Waals surface area (Å²) in [6.07, 6.45) is 1.72. The lowest BCUT2D eigenvalue weighted by Gasteiger charge is -2.22. The second kappa shape index (κ2) is 14.5. The van der Waals surface area contributed by atoms with Crippen LogP contribution in [0.2, 0.25) is 0 Å². The molecule has 228 valence electrons. The Morgan fingerprint density at radius 2 is 1.64 bits per heavy atom. The van der Waals surface area contributed by atoms with Crippen LogP contribution >= 0.6 is 23.1 Å². The van der Waals surface area contributed by atoms with Crippen molar-refractivity contribution in [2.75, 3.05) is 5.75 Å². The molecule has 0 radical (unpaired) electrons. The van der Waals surface area contributed by atoms with Crippen LogP contribution in [0.1, 0.15) is 45.4 Å². The average Bonchev–Trinajstić information content (AvgIpc) is 3.83. The molecule has 3 heterocycles. The molecule has 0 saturated carbocycles. The topological polar surface area (TPSA) is 92.5 Å². The van der Waals surface area contributed by atoms with E-state index in [1.54, 1.807) is 16.3 Å². The summed E-state index contributed by atoms with van der Waals surface area (Å²) in [5, 5.41) is 21.0. The minimum atomic E-state index is -0.165. The highest BCUT2D eigenvalue weighted by molar-refractivity contribution is 7.99. The summed E-state index contributed by atoms with van der Waals surface area (Å²) in [6.45, 7) is 2.92. The number of nitrogens with one attached hydrogen (secondary N) is 1. The molecule has 5 aromatic rings. The Kier molecular flexibility index (Phi) is 9.82. The maximum absolute atomic E-state index is 13.8. The Hall–Kier alpha value is -4.54. The first-order valence-electron chi connectivity index (χ1n) is 14.9. The molecule has 6 rings (SSSR count). The van der Waals surface area contributed by atoms with Gasteiger partial charge in [0.1, 0.15) is 0 Å². The fourth-order valence-corrected chi connectivity index (χ4v) is 6.82. The van der Waals surface area contributed by atoms with E-state index in [-0.39, 0.29) is 30.2 Å². The zero-order valence-corrected chi connectivity index (χ0v) is 26.6. The van der Waals surface area contributed by atoms with Crippen molar-refractivity contribution in [3.8, 4) is 0 Å². The number of nitrogens with zero attached hydrogens (tertiary/aromatic N) is 5. The molecular weight excluding hydrogens is 601 g/mol. The summed E-state index contributed by atoms with van der Waals surface area (Å²) >= 11 is 2.99. The molecule has 2 amide bonds. The fourth-order valence-electron chi connectivity index (χ4n) is 5.26. The molecular formula is C35H34N6O2S2. The molecule has 2 aromatic heterocycles. The summed E-state index contributed by atoms with van der Waals surface area (Å²) in [5.74, 6) is 0.637. The molecule has 10 heteroatoms. The highest BCUT2D eigenvalue weighted by Crippen LogP contribution is 2.35. The molecule has 1 atom stereocenters. The first kappa shape index (κ1) is 30.5. The minimum Gasteiger partial charge on any atom is -0.349 e. The van der Waals surface area contributed by atoms with Gasteiger partial charge in [0, 0.05) is 13.0 Å². The third kappa shape index (κ3) is 7.76. The monoisotopic (exact) mass is 634 g/mol. The lowest BCUT2D eigenvalue weighted by molar-refractivity contribution is -0.130. The third-order valence-corrected chi connectivity index (χ3v) is 9.54. The van der Waals surface area contributed by atoms with Crippen molar-refractivity contribution in [2.45, 2.75) is 50.5 Å². The Morgan fingerprint density at radius 3 is 2.36 bits per heavy atom. The Bertz CT molecular complexity index is 1750. The molecule has 0 spiro atoms. The molecule has 1 unspecified atom stereocenters. The molecule has 3 aromatic carbocycles. The van der Waals surface area contributed by atoms with E-state index in [1.807, 2.05) is 70.6 Å². The number of amides is 2. The van der Waals surface area contributed by atoms with Crippen LogP contribution < -0.4 is 5.32 Å². The number of thioether (sulfide) groups is 1.